The van der Waals surface area contributed by atoms with E-state index < -0.39 is 0 Å². The Balaban J connectivity index is 1.44. The van der Waals surface area contributed by atoms with Gasteiger partial charge in [-0.15, -0.1) is 10.2 Å². The predicted molar refractivity (Wildman–Crippen MR) is 99.2 cm³/mol. The minimum atomic E-state index is 0.00235. The molecule has 1 aliphatic heterocycles. The Hall–Kier alpha value is -1.85. The van der Waals surface area contributed by atoms with Crippen LogP contribution < -0.4 is 9.47 Å². The molecular formula is C20H31N3O3. The number of carbonyl (C=O) groups excluding carboxylic acids is 1. The van der Waals surface area contributed by atoms with Gasteiger partial charge < -0.3 is 14.4 Å². The van der Waals surface area contributed by atoms with Gasteiger partial charge in [0.25, 0.3) is 0 Å². The lowest BCUT2D eigenvalue weighted by Gasteiger charge is -2.30. The molecule has 1 atom stereocenters. The fourth-order valence-electron chi connectivity index (χ4n) is 4.12. The van der Waals surface area contributed by atoms with Gasteiger partial charge >= 0.3 is 0 Å². The molecule has 0 N–H and O–H groups in total. The summed E-state index contributed by atoms with van der Waals surface area (Å²) < 4.78 is 10.9. The zero-order chi connectivity index (χ0) is 18.4. The van der Waals surface area contributed by atoms with E-state index in [1.807, 2.05) is 4.90 Å². The molecule has 0 spiro atoms. The van der Waals surface area contributed by atoms with Gasteiger partial charge in [-0.3, -0.25) is 4.79 Å². The molecule has 1 saturated carbocycles. The second kappa shape index (κ2) is 9.19. The largest absolute Gasteiger partial charge is 0.480 e. The van der Waals surface area contributed by atoms with Crippen LogP contribution in [0.4, 0.5) is 0 Å². The minimum Gasteiger partial charge on any atom is -0.480 e. The summed E-state index contributed by atoms with van der Waals surface area (Å²) in [6, 6.07) is 3.49. The fourth-order valence-corrected chi connectivity index (χ4v) is 4.12. The molecule has 1 amide bonds. The van der Waals surface area contributed by atoms with Crippen molar-refractivity contribution in [3.8, 4) is 11.8 Å². The smallest absolute Gasteiger partial charge is 0.233 e. The van der Waals surface area contributed by atoms with Crippen LogP contribution in [-0.2, 0) is 4.79 Å². The summed E-state index contributed by atoms with van der Waals surface area (Å²) in [5, 5.41) is 7.92. The van der Waals surface area contributed by atoms with E-state index in [4.69, 9.17) is 9.47 Å². The molecular weight excluding hydrogens is 330 g/mol. The SMILES string of the molecule is CCCCC1CCC(C(=O)N2CCC(Oc3ccc(OC)nn3)C2)CC1. The first-order chi connectivity index (χ1) is 12.7. The number of unbranched alkanes of at least 4 members (excludes halogenated alkanes) is 1. The molecule has 144 valence electrons. The zero-order valence-electron chi connectivity index (χ0n) is 16.0. The second-order valence-electron chi connectivity index (χ2n) is 7.59. The van der Waals surface area contributed by atoms with Gasteiger partial charge in [-0.05, 0) is 31.6 Å². The molecule has 6 nitrogen and oxygen atoms in total. The van der Waals surface area contributed by atoms with Crippen molar-refractivity contribution in [3.05, 3.63) is 12.1 Å². The van der Waals surface area contributed by atoms with Crippen molar-refractivity contribution in [1.29, 1.82) is 0 Å². The Morgan fingerprint density at radius 2 is 1.88 bits per heavy atom. The maximum absolute atomic E-state index is 12.8. The van der Waals surface area contributed by atoms with E-state index in [9.17, 15) is 4.79 Å². The first kappa shape index (κ1) is 18.9. The molecule has 1 aromatic rings. The van der Waals surface area contributed by atoms with Crippen LogP contribution in [0.25, 0.3) is 0 Å². The van der Waals surface area contributed by atoms with E-state index >= 15 is 0 Å². The summed E-state index contributed by atoms with van der Waals surface area (Å²) in [6.07, 6.45) is 9.32. The first-order valence-electron chi connectivity index (χ1n) is 10.0. The molecule has 1 aliphatic carbocycles. The zero-order valence-corrected chi connectivity index (χ0v) is 16.0. The molecule has 0 bridgehead atoms. The van der Waals surface area contributed by atoms with E-state index in [0.717, 1.165) is 31.7 Å². The molecule has 0 aromatic carbocycles. The van der Waals surface area contributed by atoms with Gasteiger partial charge in [-0.25, -0.2) is 0 Å². The number of likely N-dealkylation sites (tertiary alicyclic amines) is 1. The lowest BCUT2D eigenvalue weighted by Crippen LogP contribution is -2.37. The maximum Gasteiger partial charge on any atom is 0.233 e. The number of aromatic nitrogens is 2. The molecule has 1 saturated heterocycles. The lowest BCUT2D eigenvalue weighted by atomic mass is 9.79. The molecule has 1 aromatic heterocycles. The summed E-state index contributed by atoms with van der Waals surface area (Å²) in [7, 11) is 1.56. The average Bonchev–Trinajstić information content (AvgIpc) is 3.15. The van der Waals surface area contributed by atoms with E-state index in [0.29, 0.717) is 24.2 Å². The Labute approximate surface area is 156 Å². The Morgan fingerprint density at radius 3 is 2.54 bits per heavy atom. The monoisotopic (exact) mass is 361 g/mol. The van der Waals surface area contributed by atoms with Crippen LogP contribution in [-0.4, -0.2) is 47.3 Å². The Morgan fingerprint density at radius 1 is 1.15 bits per heavy atom. The number of ether oxygens (including phenoxy) is 2. The van der Waals surface area contributed by atoms with Crippen molar-refractivity contribution < 1.29 is 14.3 Å². The third kappa shape index (κ3) is 4.86. The molecule has 1 unspecified atom stereocenters. The van der Waals surface area contributed by atoms with Gasteiger partial charge in [0.2, 0.25) is 17.7 Å². The third-order valence-electron chi connectivity index (χ3n) is 5.73. The number of hydrogen-bond donors (Lipinski definition) is 0. The van der Waals surface area contributed by atoms with Crippen LogP contribution in [0.2, 0.25) is 0 Å². The normalized spacial score (nSPS) is 25.9. The van der Waals surface area contributed by atoms with Gasteiger partial charge in [0.15, 0.2) is 0 Å². The highest BCUT2D eigenvalue weighted by Gasteiger charge is 2.34. The number of rotatable bonds is 7. The quantitative estimate of drug-likeness (QED) is 0.744. The van der Waals surface area contributed by atoms with Crippen LogP contribution in [0.15, 0.2) is 12.1 Å². The maximum atomic E-state index is 12.8. The van der Waals surface area contributed by atoms with E-state index in [-0.39, 0.29) is 12.0 Å². The van der Waals surface area contributed by atoms with Gasteiger partial charge in [0.05, 0.1) is 13.7 Å². The van der Waals surface area contributed by atoms with Crippen LogP contribution in [0.5, 0.6) is 11.8 Å². The second-order valence-corrected chi connectivity index (χ2v) is 7.59. The van der Waals surface area contributed by atoms with Crippen LogP contribution in [0.3, 0.4) is 0 Å². The van der Waals surface area contributed by atoms with Gasteiger partial charge in [0, 0.05) is 31.0 Å². The van der Waals surface area contributed by atoms with Crippen molar-refractivity contribution in [2.75, 3.05) is 20.2 Å². The molecule has 2 aliphatic rings. The van der Waals surface area contributed by atoms with Crippen molar-refractivity contribution >= 4 is 5.91 Å². The van der Waals surface area contributed by atoms with E-state index in [1.54, 1.807) is 19.2 Å². The number of amides is 1. The number of hydrogen-bond acceptors (Lipinski definition) is 5. The summed E-state index contributed by atoms with van der Waals surface area (Å²) in [4.78, 5) is 14.8. The molecule has 3 rings (SSSR count). The van der Waals surface area contributed by atoms with Crippen LogP contribution in [0.1, 0.15) is 58.3 Å². The Kier molecular flexibility index (Phi) is 6.69. The number of nitrogens with zero attached hydrogens (tertiary/aromatic N) is 3. The lowest BCUT2D eigenvalue weighted by molar-refractivity contribution is -0.136. The highest BCUT2D eigenvalue weighted by molar-refractivity contribution is 5.79. The average molecular weight is 361 g/mol. The molecule has 2 heterocycles. The molecule has 26 heavy (non-hydrogen) atoms. The van der Waals surface area contributed by atoms with E-state index in [1.165, 1.54) is 32.1 Å². The third-order valence-corrected chi connectivity index (χ3v) is 5.73. The minimum absolute atomic E-state index is 0.00235. The summed E-state index contributed by atoms with van der Waals surface area (Å²) in [5.74, 6) is 2.33. The van der Waals surface area contributed by atoms with E-state index in [2.05, 4.69) is 17.1 Å². The standard InChI is InChI=1S/C20H31N3O3/c1-3-4-5-15-6-8-16(9-7-15)20(24)23-13-12-17(14-23)26-19-11-10-18(25-2)21-22-19/h10-11,15-17H,3-9,12-14H2,1-2H3. The van der Waals surface area contributed by atoms with Crippen molar-refractivity contribution in [1.82, 2.24) is 15.1 Å². The van der Waals surface area contributed by atoms with Gasteiger partial charge in [-0.1, -0.05) is 26.2 Å². The summed E-state index contributed by atoms with van der Waals surface area (Å²) in [6.45, 7) is 3.68. The Bertz CT molecular complexity index is 570. The topological polar surface area (TPSA) is 64.6 Å². The fraction of sp³-hybridized carbons (Fsp3) is 0.750. The van der Waals surface area contributed by atoms with Crippen LogP contribution in [0, 0.1) is 11.8 Å². The van der Waals surface area contributed by atoms with Crippen molar-refractivity contribution in [2.24, 2.45) is 11.8 Å². The van der Waals surface area contributed by atoms with Gasteiger partial charge in [-0.2, -0.15) is 0 Å². The van der Waals surface area contributed by atoms with Crippen molar-refractivity contribution in [3.63, 3.8) is 0 Å². The summed E-state index contributed by atoms with van der Waals surface area (Å²) in [5.41, 5.74) is 0. The van der Waals surface area contributed by atoms with Crippen LogP contribution >= 0.6 is 0 Å². The van der Waals surface area contributed by atoms with Gasteiger partial charge in [0.1, 0.15) is 6.10 Å². The molecule has 6 heteroatoms. The highest BCUT2D eigenvalue weighted by atomic mass is 16.5. The first-order valence-corrected chi connectivity index (χ1v) is 10.0. The molecule has 2 fully saturated rings. The highest BCUT2D eigenvalue weighted by Crippen LogP contribution is 2.33. The van der Waals surface area contributed by atoms with Crippen molar-refractivity contribution in [2.45, 2.75) is 64.4 Å². The number of methoxy groups -OCH3 is 1. The molecule has 0 radical (unpaired) electrons. The predicted octanol–water partition coefficient (Wildman–Crippen LogP) is 3.46. The summed E-state index contributed by atoms with van der Waals surface area (Å²) >= 11 is 0. The number of carbonyl (C=O) groups is 1.